The van der Waals surface area contributed by atoms with E-state index in [-0.39, 0.29) is 18.1 Å². The van der Waals surface area contributed by atoms with Crippen LogP contribution in [0.1, 0.15) is 40.5 Å². The van der Waals surface area contributed by atoms with Gasteiger partial charge in [-0.05, 0) is 26.7 Å². The van der Waals surface area contributed by atoms with Gasteiger partial charge in [-0.3, -0.25) is 0 Å². The Morgan fingerprint density at radius 1 is 1.37 bits per heavy atom. The highest BCUT2D eigenvalue weighted by Gasteiger charge is 2.25. The fraction of sp³-hybridized carbons (Fsp3) is 0.714. The Morgan fingerprint density at radius 2 is 2.05 bits per heavy atom. The topological polar surface area (TPSA) is 67.3 Å². The highest BCUT2D eigenvalue weighted by Crippen LogP contribution is 2.25. The monoisotopic (exact) mass is 267 g/mol. The van der Waals surface area contributed by atoms with Crippen LogP contribution < -0.4 is 10.1 Å². The second-order valence-corrected chi connectivity index (χ2v) is 5.10. The Labute approximate surface area is 115 Å². The molecule has 2 N–H and O–H groups in total. The van der Waals surface area contributed by atoms with Crippen LogP contribution in [0.2, 0.25) is 0 Å². The number of nitrogens with one attached hydrogen (secondary N) is 1. The maximum Gasteiger partial charge on any atom is 0.225 e. The molecular formula is C14H25N3O2. The van der Waals surface area contributed by atoms with Crippen molar-refractivity contribution in [2.45, 2.75) is 46.6 Å². The molecule has 0 aliphatic rings. The Hall–Kier alpha value is -1.36. The van der Waals surface area contributed by atoms with E-state index in [2.05, 4.69) is 29.1 Å². The van der Waals surface area contributed by atoms with Gasteiger partial charge in [0.25, 0.3) is 0 Å². The lowest BCUT2D eigenvalue weighted by molar-refractivity contribution is 0.127. The molecule has 0 aliphatic heterocycles. The normalized spacial score (nSPS) is 11.7. The first-order valence-electron chi connectivity index (χ1n) is 6.89. The second-order valence-electron chi connectivity index (χ2n) is 5.10. The predicted octanol–water partition coefficient (Wildman–Crippen LogP) is 2.47. The summed E-state index contributed by atoms with van der Waals surface area (Å²) in [6.07, 6.45) is 3.58. The largest absolute Gasteiger partial charge is 0.475 e. The molecule has 108 valence electrons. The number of hydrogen-bond donors (Lipinski definition) is 2. The number of aliphatic hydroxyl groups is 1. The van der Waals surface area contributed by atoms with Crippen LogP contribution in [0.4, 0.5) is 5.95 Å². The number of aliphatic hydroxyl groups excluding tert-OH is 1. The molecule has 0 amide bonds. The molecule has 1 aromatic rings. The van der Waals surface area contributed by atoms with E-state index in [4.69, 9.17) is 4.74 Å². The van der Waals surface area contributed by atoms with Crippen molar-refractivity contribution in [1.82, 2.24) is 9.97 Å². The molecule has 1 rings (SSSR count). The van der Waals surface area contributed by atoms with Crippen LogP contribution in [0.25, 0.3) is 0 Å². The van der Waals surface area contributed by atoms with E-state index in [0.717, 1.165) is 12.8 Å². The number of anilines is 1. The fourth-order valence-electron chi connectivity index (χ4n) is 1.78. The van der Waals surface area contributed by atoms with Crippen molar-refractivity contribution in [3.05, 3.63) is 12.3 Å². The SMILES string of the molecule is CCC(CC)(CO)CNc1nccc(OC(C)C)n1. The lowest BCUT2D eigenvalue weighted by Gasteiger charge is -2.29. The van der Waals surface area contributed by atoms with Gasteiger partial charge in [0.15, 0.2) is 0 Å². The fourth-order valence-corrected chi connectivity index (χ4v) is 1.78. The minimum atomic E-state index is -0.113. The van der Waals surface area contributed by atoms with E-state index in [0.29, 0.717) is 18.4 Å². The summed E-state index contributed by atoms with van der Waals surface area (Å²) in [7, 11) is 0. The highest BCUT2D eigenvalue weighted by atomic mass is 16.5. The number of nitrogens with zero attached hydrogens (tertiary/aromatic N) is 2. The molecule has 1 aromatic heterocycles. The lowest BCUT2D eigenvalue weighted by atomic mass is 9.83. The van der Waals surface area contributed by atoms with E-state index in [1.807, 2.05) is 13.8 Å². The molecule has 0 aliphatic carbocycles. The Kier molecular flexibility index (Phi) is 6.02. The van der Waals surface area contributed by atoms with Gasteiger partial charge >= 0.3 is 0 Å². The van der Waals surface area contributed by atoms with Gasteiger partial charge in [-0.25, -0.2) is 4.98 Å². The van der Waals surface area contributed by atoms with Crippen LogP contribution >= 0.6 is 0 Å². The lowest BCUT2D eigenvalue weighted by Crippen LogP contribution is -2.32. The van der Waals surface area contributed by atoms with Gasteiger partial charge < -0.3 is 15.2 Å². The van der Waals surface area contributed by atoms with E-state index < -0.39 is 0 Å². The molecule has 0 atom stereocenters. The zero-order valence-electron chi connectivity index (χ0n) is 12.3. The van der Waals surface area contributed by atoms with Gasteiger partial charge in [0.05, 0.1) is 12.7 Å². The Bertz CT molecular complexity index is 370. The average Bonchev–Trinajstić information content (AvgIpc) is 2.41. The van der Waals surface area contributed by atoms with Gasteiger partial charge in [-0.15, -0.1) is 0 Å². The van der Waals surface area contributed by atoms with Crippen LogP contribution in [-0.2, 0) is 0 Å². The third kappa shape index (κ3) is 4.67. The van der Waals surface area contributed by atoms with Gasteiger partial charge in [0.1, 0.15) is 0 Å². The summed E-state index contributed by atoms with van der Waals surface area (Å²) in [5.74, 6) is 1.10. The summed E-state index contributed by atoms with van der Waals surface area (Å²) in [5.41, 5.74) is -0.113. The van der Waals surface area contributed by atoms with Crippen LogP contribution in [0.15, 0.2) is 12.3 Å². The molecule has 5 heteroatoms. The first-order valence-corrected chi connectivity index (χ1v) is 6.89. The van der Waals surface area contributed by atoms with Crippen LogP contribution in [0.3, 0.4) is 0 Å². The third-order valence-corrected chi connectivity index (χ3v) is 3.44. The van der Waals surface area contributed by atoms with Crippen molar-refractivity contribution in [3.63, 3.8) is 0 Å². The quantitative estimate of drug-likeness (QED) is 0.757. The van der Waals surface area contributed by atoms with Crippen LogP contribution in [0, 0.1) is 5.41 Å². The van der Waals surface area contributed by atoms with Crippen molar-refractivity contribution < 1.29 is 9.84 Å². The average molecular weight is 267 g/mol. The second kappa shape index (κ2) is 7.28. The molecule has 0 radical (unpaired) electrons. The summed E-state index contributed by atoms with van der Waals surface area (Å²) in [6.45, 7) is 8.90. The summed E-state index contributed by atoms with van der Waals surface area (Å²) < 4.78 is 5.53. The van der Waals surface area contributed by atoms with Crippen LogP contribution in [0.5, 0.6) is 5.88 Å². The minimum absolute atomic E-state index is 0.0885. The third-order valence-electron chi connectivity index (χ3n) is 3.44. The van der Waals surface area contributed by atoms with E-state index in [1.165, 1.54) is 0 Å². The molecule has 1 heterocycles. The van der Waals surface area contributed by atoms with Crippen molar-refractivity contribution >= 4 is 5.95 Å². The minimum Gasteiger partial charge on any atom is -0.475 e. The number of aromatic nitrogens is 2. The van der Waals surface area contributed by atoms with Crippen molar-refractivity contribution in [2.75, 3.05) is 18.5 Å². The van der Waals surface area contributed by atoms with E-state index in [9.17, 15) is 5.11 Å². The first kappa shape index (κ1) is 15.7. The molecule has 0 fully saturated rings. The Morgan fingerprint density at radius 3 is 2.58 bits per heavy atom. The van der Waals surface area contributed by atoms with Gasteiger partial charge in [-0.2, -0.15) is 4.98 Å². The molecule has 0 unspecified atom stereocenters. The van der Waals surface area contributed by atoms with Crippen molar-refractivity contribution in [3.8, 4) is 5.88 Å². The van der Waals surface area contributed by atoms with Crippen LogP contribution in [-0.4, -0.2) is 34.3 Å². The summed E-state index contributed by atoms with van der Waals surface area (Å²) >= 11 is 0. The number of rotatable bonds is 8. The summed E-state index contributed by atoms with van der Waals surface area (Å²) in [5, 5.41) is 12.7. The number of ether oxygens (including phenoxy) is 1. The maximum atomic E-state index is 9.52. The molecule has 0 bridgehead atoms. The highest BCUT2D eigenvalue weighted by molar-refractivity contribution is 5.28. The van der Waals surface area contributed by atoms with E-state index >= 15 is 0 Å². The standard InChI is InChI=1S/C14H25N3O2/c1-5-14(6-2,10-18)9-16-13-15-8-7-12(17-13)19-11(3)4/h7-8,11,18H,5-6,9-10H2,1-4H3,(H,15,16,17). The maximum absolute atomic E-state index is 9.52. The van der Waals surface area contributed by atoms with Gasteiger partial charge in [-0.1, -0.05) is 13.8 Å². The molecule has 0 saturated heterocycles. The zero-order chi connectivity index (χ0) is 14.3. The molecule has 5 nitrogen and oxygen atoms in total. The van der Waals surface area contributed by atoms with Gasteiger partial charge in [0.2, 0.25) is 11.8 Å². The molecule has 0 aromatic carbocycles. The van der Waals surface area contributed by atoms with Crippen molar-refractivity contribution in [2.24, 2.45) is 5.41 Å². The number of hydrogen-bond acceptors (Lipinski definition) is 5. The van der Waals surface area contributed by atoms with Gasteiger partial charge in [0, 0.05) is 24.2 Å². The molecule has 0 saturated carbocycles. The Balaban J connectivity index is 2.66. The molecular weight excluding hydrogens is 242 g/mol. The summed E-state index contributed by atoms with van der Waals surface area (Å²) in [4.78, 5) is 8.46. The smallest absolute Gasteiger partial charge is 0.225 e. The molecule has 19 heavy (non-hydrogen) atoms. The summed E-state index contributed by atoms with van der Waals surface area (Å²) in [6, 6.07) is 1.74. The first-order chi connectivity index (χ1) is 9.05. The van der Waals surface area contributed by atoms with E-state index in [1.54, 1.807) is 12.3 Å². The zero-order valence-corrected chi connectivity index (χ0v) is 12.3. The predicted molar refractivity (Wildman–Crippen MR) is 76.4 cm³/mol. The molecule has 0 spiro atoms. The van der Waals surface area contributed by atoms with Crippen molar-refractivity contribution in [1.29, 1.82) is 0 Å².